The Kier molecular flexibility index (Phi) is 7.23. The van der Waals surface area contributed by atoms with Crippen molar-refractivity contribution in [2.45, 2.75) is 51.0 Å². The highest BCUT2D eigenvalue weighted by molar-refractivity contribution is 5.81. The van der Waals surface area contributed by atoms with Crippen molar-refractivity contribution in [3.8, 4) is 0 Å². The molecule has 1 aromatic carbocycles. The molecule has 1 atom stereocenters. The first-order valence-corrected chi connectivity index (χ1v) is 10.3. The van der Waals surface area contributed by atoms with Gasteiger partial charge in [0.15, 0.2) is 5.96 Å². The second-order valence-corrected chi connectivity index (χ2v) is 7.78. The van der Waals surface area contributed by atoms with Gasteiger partial charge in [0.1, 0.15) is 11.6 Å². The standard InChI is InChI=1S/C21H30F2N4O/c1-24-21(25-9-7-15-11-17(22)13-18(23)12-15)26-19-8-10-27(14-19)20(28)16-5-3-2-4-6-16/h11-13,16,19H,2-10,14H2,1H3,(H2,24,25,26). The monoisotopic (exact) mass is 392 g/mol. The third-order valence-corrected chi connectivity index (χ3v) is 5.65. The van der Waals surface area contributed by atoms with E-state index < -0.39 is 11.6 Å². The first-order valence-electron chi connectivity index (χ1n) is 10.3. The zero-order valence-electron chi connectivity index (χ0n) is 16.5. The van der Waals surface area contributed by atoms with Crippen LogP contribution in [0.1, 0.15) is 44.1 Å². The number of guanidine groups is 1. The molecule has 0 aromatic heterocycles. The maximum absolute atomic E-state index is 13.3. The lowest BCUT2D eigenvalue weighted by Gasteiger charge is -2.26. The molecule has 2 fully saturated rings. The molecule has 0 spiro atoms. The molecule has 2 N–H and O–H groups in total. The topological polar surface area (TPSA) is 56.7 Å². The number of hydrogen-bond acceptors (Lipinski definition) is 2. The van der Waals surface area contributed by atoms with Crippen LogP contribution >= 0.6 is 0 Å². The highest BCUT2D eigenvalue weighted by atomic mass is 19.1. The summed E-state index contributed by atoms with van der Waals surface area (Å²) < 4.78 is 26.5. The molecule has 1 aromatic rings. The summed E-state index contributed by atoms with van der Waals surface area (Å²) in [6.07, 6.45) is 7.02. The summed E-state index contributed by atoms with van der Waals surface area (Å²) in [7, 11) is 1.69. The minimum Gasteiger partial charge on any atom is -0.356 e. The van der Waals surface area contributed by atoms with Gasteiger partial charge in [-0.1, -0.05) is 19.3 Å². The van der Waals surface area contributed by atoms with Gasteiger partial charge < -0.3 is 15.5 Å². The number of nitrogens with zero attached hydrogens (tertiary/aromatic N) is 2. The van der Waals surface area contributed by atoms with E-state index in [1.54, 1.807) is 7.05 Å². The number of nitrogens with one attached hydrogen (secondary N) is 2. The van der Waals surface area contributed by atoms with Crippen molar-refractivity contribution >= 4 is 11.9 Å². The molecule has 154 valence electrons. The minimum atomic E-state index is -0.564. The summed E-state index contributed by atoms with van der Waals surface area (Å²) in [5, 5.41) is 6.54. The zero-order chi connectivity index (χ0) is 19.9. The number of carbonyl (C=O) groups excluding carboxylic acids is 1. The van der Waals surface area contributed by atoms with Crippen LogP contribution in [0.3, 0.4) is 0 Å². The second kappa shape index (κ2) is 9.85. The van der Waals surface area contributed by atoms with Gasteiger partial charge in [0.05, 0.1) is 0 Å². The van der Waals surface area contributed by atoms with Gasteiger partial charge in [0, 0.05) is 44.7 Å². The van der Waals surface area contributed by atoms with Crippen LogP contribution in [-0.2, 0) is 11.2 Å². The first-order chi connectivity index (χ1) is 13.5. The van der Waals surface area contributed by atoms with Crippen molar-refractivity contribution in [1.82, 2.24) is 15.5 Å². The minimum absolute atomic E-state index is 0.172. The number of rotatable bonds is 5. The first kappa shape index (κ1) is 20.6. The normalized spacial score (nSPS) is 21.0. The van der Waals surface area contributed by atoms with E-state index in [-0.39, 0.29) is 12.0 Å². The Balaban J connectivity index is 1.43. The highest BCUT2D eigenvalue weighted by Crippen LogP contribution is 2.26. The number of likely N-dealkylation sites (tertiary alicyclic amines) is 1. The lowest BCUT2D eigenvalue weighted by atomic mass is 9.88. The zero-order valence-corrected chi connectivity index (χ0v) is 16.5. The molecule has 1 aliphatic heterocycles. The van der Waals surface area contributed by atoms with Crippen molar-refractivity contribution in [2.75, 3.05) is 26.7 Å². The van der Waals surface area contributed by atoms with Crippen LogP contribution in [0.2, 0.25) is 0 Å². The molecule has 3 rings (SSSR count). The van der Waals surface area contributed by atoms with E-state index in [9.17, 15) is 13.6 Å². The number of benzene rings is 1. The highest BCUT2D eigenvalue weighted by Gasteiger charge is 2.31. The average Bonchev–Trinajstić information content (AvgIpc) is 3.15. The van der Waals surface area contributed by atoms with Crippen molar-refractivity contribution in [3.63, 3.8) is 0 Å². The third-order valence-electron chi connectivity index (χ3n) is 5.65. The molecule has 1 unspecified atom stereocenters. The molecular weight excluding hydrogens is 362 g/mol. The Morgan fingerprint density at radius 1 is 1.14 bits per heavy atom. The third kappa shape index (κ3) is 5.66. The van der Waals surface area contributed by atoms with Crippen LogP contribution < -0.4 is 10.6 Å². The van der Waals surface area contributed by atoms with E-state index in [1.807, 2.05) is 4.90 Å². The maximum atomic E-state index is 13.3. The van der Waals surface area contributed by atoms with E-state index in [0.717, 1.165) is 44.7 Å². The van der Waals surface area contributed by atoms with Crippen LogP contribution in [0.15, 0.2) is 23.2 Å². The van der Waals surface area contributed by atoms with E-state index >= 15 is 0 Å². The lowest BCUT2D eigenvalue weighted by molar-refractivity contribution is -0.135. The second-order valence-electron chi connectivity index (χ2n) is 7.78. The van der Waals surface area contributed by atoms with E-state index in [4.69, 9.17) is 0 Å². The SMILES string of the molecule is CN=C(NCCc1cc(F)cc(F)c1)NC1CCN(C(=O)C2CCCCC2)C1. The molecule has 28 heavy (non-hydrogen) atoms. The van der Waals surface area contributed by atoms with Gasteiger partial charge in [-0.05, 0) is 43.4 Å². The predicted molar refractivity (Wildman–Crippen MR) is 106 cm³/mol. The Hall–Kier alpha value is -2.18. The molecule has 5 nitrogen and oxygen atoms in total. The van der Waals surface area contributed by atoms with Crippen LogP contribution in [0, 0.1) is 17.6 Å². The van der Waals surface area contributed by atoms with Crippen molar-refractivity contribution in [1.29, 1.82) is 0 Å². The molecule has 0 radical (unpaired) electrons. The molecular formula is C21H30F2N4O. The van der Waals surface area contributed by atoms with Gasteiger partial charge in [0.2, 0.25) is 5.91 Å². The number of aliphatic imine (C=N–C) groups is 1. The number of halogens is 2. The average molecular weight is 392 g/mol. The van der Waals surface area contributed by atoms with Crippen LogP contribution in [-0.4, -0.2) is 49.5 Å². The number of amides is 1. The Morgan fingerprint density at radius 3 is 2.54 bits per heavy atom. The summed E-state index contributed by atoms with van der Waals surface area (Å²) in [4.78, 5) is 18.9. The van der Waals surface area contributed by atoms with Gasteiger partial charge in [-0.3, -0.25) is 9.79 Å². The van der Waals surface area contributed by atoms with Crippen molar-refractivity contribution in [3.05, 3.63) is 35.4 Å². The van der Waals surface area contributed by atoms with Gasteiger partial charge in [-0.2, -0.15) is 0 Å². The molecule has 2 aliphatic rings. The van der Waals surface area contributed by atoms with Crippen molar-refractivity contribution < 1.29 is 13.6 Å². The fraction of sp³-hybridized carbons (Fsp3) is 0.619. The molecule has 1 heterocycles. The van der Waals surface area contributed by atoms with Crippen LogP contribution in [0.5, 0.6) is 0 Å². The van der Waals surface area contributed by atoms with Gasteiger partial charge in [-0.15, -0.1) is 0 Å². The van der Waals surface area contributed by atoms with Gasteiger partial charge in [0.25, 0.3) is 0 Å². The molecule has 1 amide bonds. The molecule has 7 heteroatoms. The number of carbonyl (C=O) groups is 1. The largest absolute Gasteiger partial charge is 0.356 e. The Labute approximate surface area is 165 Å². The maximum Gasteiger partial charge on any atom is 0.225 e. The lowest BCUT2D eigenvalue weighted by Crippen LogP contribution is -2.46. The predicted octanol–water partition coefficient (Wildman–Crippen LogP) is 2.85. The molecule has 1 saturated carbocycles. The van der Waals surface area contributed by atoms with Crippen LogP contribution in [0.25, 0.3) is 0 Å². The Morgan fingerprint density at radius 2 is 1.86 bits per heavy atom. The quantitative estimate of drug-likeness (QED) is 0.599. The summed E-state index contributed by atoms with van der Waals surface area (Å²) in [6, 6.07) is 3.72. The fourth-order valence-electron chi connectivity index (χ4n) is 4.15. The van der Waals surface area contributed by atoms with Crippen LogP contribution in [0.4, 0.5) is 8.78 Å². The summed E-state index contributed by atoms with van der Waals surface area (Å²) in [5.41, 5.74) is 0.602. The summed E-state index contributed by atoms with van der Waals surface area (Å²) in [6.45, 7) is 2.00. The molecule has 0 bridgehead atoms. The summed E-state index contributed by atoms with van der Waals surface area (Å²) in [5.74, 6) is 0.0305. The summed E-state index contributed by atoms with van der Waals surface area (Å²) >= 11 is 0. The van der Waals surface area contributed by atoms with E-state index in [1.165, 1.54) is 18.6 Å². The fourth-order valence-corrected chi connectivity index (χ4v) is 4.15. The smallest absolute Gasteiger partial charge is 0.225 e. The van der Waals surface area contributed by atoms with Gasteiger partial charge in [-0.25, -0.2) is 8.78 Å². The van der Waals surface area contributed by atoms with Gasteiger partial charge >= 0.3 is 0 Å². The number of hydrogen-bond donors (Lipinski definition) is 2. The van der Waals surface area contributed by atoms with E-state index in [2.05, 4.69) is 15.6 Å². The molecule has 1 aliphatic carbocycles. The van der Waals surface area contributed by atoms with E-state index in [0.29, 0.717) is 36.9 Å². The Bertz CT molecular complexity index is 683. The van der Waals surface area contributed by atoms with Crippen molar-refractivity contribution in [2.24, 2.45) is 10.9 Å². The molecule has 1 saturated heterocycles.